The first-order valence-corrected chi connectivity index (χ1v) is 8.43. The Kier molecular flexibility index (Phi) is 4.95. The van der Waals surface area contributed by atoms with Gasteiger partial charge >= 0.3 is 0 Å². The Morgan fingerprint density at radius 2 is 2.21 bits per heavy atom. The van der Waals surface area contributed by atoms with Crippen molar-refractivity contribution in [2.24, 2.45) is 10.2 Å². The standard InChI is InChI=1S/C17H23N5O2/c1-3-4-8-17(20-21-17)9-5-16(23)18-15-12-13(2)19-22(15)14-6-10-24-11-7-14/h1,12,14H,4-11H2,2H3,(H,18,23). The highest BCUT2D eigenvalue weighted by Crippen LogP contribution is 2.37. The molecule has 1 aromatic heterocycles. The van der Waals surface area contributed by atoms with Crippen LogP contribution in [-0.4, -0.2) is 34.6 Å². The zero-order valence-electron chi connectivity index (χ0n) is 14.0. The molecule has 0 unspecified atom stereocenters. The van der Waals surface area contributed by atoms with Crippen LogP contribution in [0.25, 0.3) is 0 Å². The average Bonchev–Trinajstić information content (AvgIpc) is 3.28. The number of ether oxygens (including phenoxy) is 1. The Balaban J connectivity index is 1.55. The lowest BCUT2D eigenvalue weighted by Gasteiger charge is -2.24. The van der Waals surface area contributed by atoms with Gasteiger partial charge in [0.15, 0.2) is 5.66 Å². The smallest absolute Gasteiger partial charge is 0.225 e. The second-order valence-electron chi connectivity index (χ2n) is 6.39. The number of carbonyl (C=O) groups excluding carboxylic acids is 1. The highest BCUT2D eigenvalue weighted by molar-refractivity contribution is 5.90. The van der Waals surface area contributed by atoms with Gasteiger partial charge in [0.1, 0.15) is 5.82 Å². The van der Waals surface area contributed by atoms with Crippen molar-refractivity contribution in [2.45, 2.75) is 57.2 Å². The van der Waals surface area contributed by atoms with Crippen LogP contribution >= 0.6 is 0 Å². The largest absolute Gasteiger partial charge is 0.381 e. The van der Waals surface area contributed by atoms with Crippen molar-refractivity contribution >= 4 is 11.7 Å². The molecule has 0 spiro atoms. The summed E-state index contributed by atoms with van der Waals surface area (Å²) in [5.74, 6) is 3.31. The summed E-state index contributed by atoms with van der Waals surface area (Å²) >= 11 is 0. The Bertz CT molecular complexity index is 661. The number of terminal acetylenes is 1. The maximum atomic E-state index is 12.3. The van der Waals surface area contributed by atoms with Crippen LogP contribution in [0.15, 0.2) is 16.3 Å². The highest BCUT2D eigenvalue weighted by atomic mass is 16.5. The first kappa shape index (κ1) is 16.7. The molecule has 0 bridgehead atoms. The summed E-state index contributed by atoms with van der Waals surface area (Å²) in [7, 11) is 0. The highest BCUT2D eigenvalue weighted by Gasteiger charge is 2.39. The van der Waals surface area contributed by atoms with E-state index >= 15 is 0 Å². The number of anilines is 1. The summed E-state index contributed by atoms with van der Waals surface area (Å²) in [5.41, 5.74) is 0.482. The van der Waals surface area contributed by atoms with E-state index in [-0.39, 0.29) is 11.9 Å². The normalized spacial score (nSPS) is 19.0. The van der Waals surface area contributed by atoms with Gasteiger partial charge in [-0.2, -0.15) is 15.3 Å². The summed E-state index contributed by atoms with van der Waals surface area (Å²) in [6.45, 7) is 3.40. The van der Waals surface area contributed by atoms with Crippen LogP contribution in [0.4, 0.5) is 5.82 Å². The van der Waals surface area contributed by atoms with E-state index in [0.717, 1.165) is 44.0 Å². The molecule has 0 saturated carbocycles. The summed E-state index contributed by atoms with van der Waals surface area (Å²) in [4.78, 5) is 12.3. The minimum Gasteiger partial charge on any atom is -0.381 e. The summed E-state index contributed by atoms with van der Waals surface area (Å²) in [5, 5.41) is 15.6. The number of carbonyl (C=O) groups is 1. The van der Waals surface area contributed by atoms with Gasteiger partial charge in [-0.1, -0.05) is 0 Å². The molecular weight excluding hydrogens is 306 g/mol. The van der Waals surface area contributed by atoms with Gasteiger partial charge in [0.25, 0.3) is 0 Å². The number of aromatic nitrogens is 2. The molecular formula is C17H23N5O2. The van der Waals surface area contributed by atoms with Gasteiger partial charge in [0.2, 0.25) is 5.91 Å². The number of amides is 1. The van der Waals surface area contributed by atoms with E-state index in [1.54, 1.807) is 0 Å². The molecule has 3 heterocycles. The molecule has 7 heteroatoms. The van der Waals surface area contributed by atoms with Crippen molar-refractivity contribution in [1.29, 1.82) is 0 Å². The molecule has 2 aliphatic heterocycles. The van der Waals surface area contributed by atoms with Gasteiger partial charge in [0, 0.05) is 45.0 Å². The van der Waals surface area contributed by atoms with Crippen LogP contribution in [0.3, 0.4) is 0 Å². The molecule has 128 valence electrons. The molecule has 1 N–H and O–H groups in total. The molecule has 1 amide bonds. The maximum absolute atomic E-state index is 12.3. The SMILES string of the molecule is C#CCCC1(CCC(=O)Nc2cc(C)nn2C2CCOCC2)N=N1. The lowest BCUT2D eigenvalue weighted by atomic mass is 10.0. The van der Waals surface area contributed by atoms with Crippen LogP contribution < -0.4 is 5.32 Å². The van der Waals surface area contributed by atoms with Crippen molar-refractivity contribution in [1.82, 2.24) is 9.78 Å². The Morgan fingerprint density at radius 3 is 2.88 bits per heavy atom. The van der Waals surface area contributed by atoms with Gasteiger partial charge in [-0.15, -0.1) is 12.3 Å². The fourth-order valence-electron chi connectivity index (χ4n) is 3.01. The van der Waals surface area contributed by atoms with Crippen molar-refractivity contribution < 1.29 is 9.53 Å². The van der Waals surface area contributed by atoms with Crippen molar-refractivity contribution in [3.8, 4) is 12.3 Å². The van der Waals surface area contributed by atoms with Gasteiger partial charge in [-0.3, -0.25) is 4.79 Å². The molecule has 1 saturated heterocycles. The third kappa shape index (κ3) is 4.01. The van der Waals surface area contributed by atoms with Gasteiger partial charge in [-0.25, -0.2) is 4.68 Å². The monoisotopic (exact) mass is 329 g/mol. The summed E-state index contributed by atoms with van der Waals surface area (Å²) in [6, 6.07) is 2.19. The minimum atomic E-state index is -0.416. The molecule has 7 nitrogen and oxygen atoms in total. The second-order valence-corrected chi connectivity index (χ2v) is 6.39. The molecule has 1 aromatic rings. The van der Waals surface area contributed by atoms with Crippen LogP contribution in [0.5, 0.6) is 0 Å². The number of hydrogen-bond acceptors (Lipinski definition) is 5. The van der Waals surface area contributed by atoms with E-state index in [9.17, 15) is 4.79 Å². The van der Waals surface area contributed by atoms with Crippen LogP contribution in [0.1, 0.15) is 50.3 Å². The molecule has 0 atom stereocenters. The molecule has 0 aliphatic carbocycles. The Morgan fingerprint density at radius 1 is 1.46 bits per heavy atom. The lowest BCUT2D eigenvalue weighted by molar-refractivity contribution is -0.116. The topological polar surface area (TPSA) is 80.9 Å². The first-order valence-electron chi connectivity index (χ1n) is 8.43. The van der Waals surface area contributed by atoms with Crippen LogP contribution in [0.2, 0.25) is 0 Å². The third-order valence-electron chi connectivity index (χ3n) is 4.47. The fourth-order valence-corrected chi connectivity index (χ4v) is 3.01. The average molecular weight is 329 g/mol. The molecule has 0 radical (unpaired) electrons. The van der Waals surface area contributed by atoms with Crippen LogP contribution in [0, 0.1) is 19.3 Å². The quantitative estimate of drug-likeness (QED) is 0.781. The van der Waals surface area contributed by atoms with E-state index < -0.39 is 5.66 Å². The van der Waals surface area contributed by atoms with E-state index in [1.807, 2.05) is 17.7 Å². The summed E-state index contributed by atoms with van der Waals surface area (Å²) < 4.78 is 7.33. The van der Waals surface area contributed by atoms with Crippen molar-refractivity contribution in [3.05, 3.63) is 11.8 Å². The number of nitrogens with zero attached hydrogens (tertiary/aromatic N) is 4. The van der Waals surface area contributed by atoms with Gasteiger partial charge in [-0.05, 0) is 19.8 Å². The maximum Gasteiger partial charge on any atom is 0.225 e. The number of aryl methyl sites for hydroxylation is 1. The molecule has 0 aromatic carbocycles. The van der Waals surface area contributed by atoms with Crippen molar-refractivity contribution in [2.75, 3.05) is 18.5 Å². The van der Waals surface area contributed by atoms with Gasteiger partial charge < -0.3 is 10.1 Å². The second kappa shape index (κ2) is 7.14. The third-order valence-corrected chi connectivity index (χ3v) is 4.47. The predicted molar refractivity (Wildman–Crippen MR) is 89.6 cm³/mol. The van der Waals surface area contributed by atoms with Crippen LogP contribution in [-0.2, 0) is 9.53 Å². The molecule has 2 aliphatic rings. The minimum absolute atomic E-state index is 0.0411. The number of nitrogens with one attached hydrogen (secondary N) is 1. The van der Waals surface area contributed by atoms with E-state index in [2.05, 4.69) is 26.6 Å². The Hall–Kier alpha value is -2.20. The number of hydrogen-bond donors (Lipinski definition) is 1. The predicted octanol–water partition coefficient (Wildman–Crippen LogP) is 2.84. The van der Waals surface area contributed by atoms with E-state index in [1.165, 1.54) is 0 Å². The molecule has 3 rings (SSSR count). The van der Waals surface area contributed by atoms with Crippen molar-refractivity contribution in [3.63, 3.8) is 0 Å². The Labute approximate surface area is 141 Å². The van der Waals surface area contributed by atoms with Gasteiger partial charge in [0.05, 0.1) is 11.7 Å². The molecule has 1 fully saturated rings. The summed E-state index contributed by atoms with van der Waals surface area (Å²) in [6.07, 6.45) is 9.43. The zero-order valence-corrected chi connectivity index (χ0v) is 14.0. The zero-order chi connectivity index (χ0) is 17.0. The fraction of sp³-hybridized carbons (Fsp3) is 0.647. The number of rotatable bonds is 7. The lowest BCUT2D eigenvalue weighted by Crippen LogP contribution is -2.24. The van der Waals surface area contributed by atoms with E-state index in [0.29, 0.717) is 19.3 Å². The first-order chi connectivity index (χ1) is 11.6. The molecule has 24 heavy (non-hydrogen) atoms. The van der Waals surface area contributed by atoms with E-state index in [4.69, 9.17) is 11.2 Å².